The van der Waals surface area contributed by atoms with Crippen molar-refractivity contribution in [2.24, 2.45) is 18.2 Å². The molecule has 0 spiro atoms. The molecule has 86 valence electrons. The topological polar surface area (TPSA) is 56.7 Å². The first kappa shape index (κ1) is 12.2. The highest BCUT2D eigenvalue weighted by Crippen LogP contribution is 2.41. The zero-order valence-electron chi connectivity index (χ0n) is 10.6. The van der Waals surface area contributed by atoms with Crippen molar-refractivity contribution in [1.29, 1.82) is 0 Å². The maximum Gasteiger partial charge on any atom is 0.0888 e. The predicted octanol–water partition coefficient (Wildman–Crippen LogP) is 1.47. The number of nitrogens with zero attached hydrogens (tertiary/aromatic N) is 3. The van der Waals surface area contributed by atoms with Gasteiger partial charge in [0.15, 0.2) is 0 Å². The van der Waals surface area contributed by atoms with Gasteiger partial charge in [-0.25, -0.2) is 0 Å². The monoisotopic (exact) mass is 210 g/mol. The highest BCUT2D eigenvalue weighted by Gasteiger charge is 2.42. The molecule has 0 aliphatic carbocycles. The summed E-state index contributed by atoms with van der Waals surface area (Å²) < 4.78 is 1.73. The molecule has 1 heterocycles. The van der Waals surface area contributed by atoms with Gasteiger partial charge in [-0.1, -0.05) is 32.9 Å². The maximum atomic E-state index is 6.05. The molecule has 4 nitrogen and oxygen atoms in total. The largest absolute Gasteiger partial charge is 0.327 e. The van der Waals surface area contributed by atoms with E-state index in [1.54, 1.807) is 4.68 Å². The zero-order chi connectivity index (χ0) is 11.9. The number of aromatic nitrogens is 3. The third-order valence-corrected chi connectivity index (χ3v) is 3.99. The molecule has 0 amide bonds. The third kappa shape index (κ3) is 1.91. The molecule has 0 bridgehead atoms. The first-order valence-corrected chi connectivity index (χ1v) is 5.32. The van der Waals surface area contributed by atoms with Crippen LogP contribution in [0.25, 0.3) is 0 Å². The van der Waals surface area contributed by atoms with Crippen molar-refractivity contribution >= 4 is 0 Å². The van der Waals surface area contributed by atoms with Crippen LogP contribution in [0.5, 0.6) is 0 Å². The van der Waals surface area contributed by atoms with Crippen LogP contribution in [0.4, 0.5) is 0 Å². The van der Waals surface area contributed by atoms with E-state index in [0.29, 0.717) is 0 Å². The van der Waals surface area contributed by atoms with Crippen molar-refractivity contribution in [3.63, 3.8) is 0 Å². The lowest BCUT2D eigenvalue weighted by atomic mass is 9.63. The Bertz CT molecular complexity index is 336. The van der Waals surface area contributed by atoms with Gasteiger partial charge in [0, 0.05) is 24.7 Å². The molecular weight excluding hydrogens is 188 g/mol. The van der Waals surface area contributed by atoms with E-state index in [1.807, 2.05) is 20.2 Å². The second-order valence-electron chi connectivity index (χ2n) is 5.41. The third-order valence-electron chi connectivity index (χ3n) is 3.99. The van der Waals surface area contributed by atoms with Crippen molar-refractivity contribution in [3.8, 4) is 0 Å². The van der Waals surface area contributed by atoms with Gasteiger partial charge < -0.3 is 5.73 Å². The molecule has 1 rings (SSSR count). The minimum atomic E-state index is -0.0879. The van der Waals surface area contributed by atoms with E-state index in [2.05, 4.69) is 38.0 Å². The summed E-state index contributed by atoms with van der Waals surface area (Å²) in [6.07, 6.45) is 1.96. The normalized spacial score (nSPS) is 15.4. The van der Waals surface area contributed by atoms with Crippen LogP contribution in [0.15, 0.2) is 6.20 Å². The average Bonchev–Trinajstić information content (AvgIpc) is 2.51. The summed E-state index contributed by atoms with van der Waals surface area (Å²) >= 11 is 0. The Kier molecular flexibility index (Phi) is 2.92. The fourth-order valence-electron chi connectivity index (χ4n) is 1.53. The van der Waals surface area contributed by atoms with Crippen molar-refractivity contribution in [2.45, 2.75) is 46.1 Å². The van der Waals surface area contributed by atoms with E-state index in [-0.39, 0.29) is 16.9 Å². The predicted molar refractivity (Wildman–Crippen MR) is 61.5 cm³/mol. The Morgan fingerprint density at radius 1 is 1.33 bits per heavy atom. The Labute approximate surface area is 91.9 Å². The van der Waals surface area contributed by atoms with Gasteiger partial charge >= 0.3 is 0 Å². The van der Waals surface area contributed by atoms with E-state index in [1.165, 1.54) is 0 Å². The summed E-state index contributed by atoms with van der Waals surface area (Å²) in [6.45, 7) is 10.7. The molecule has 2 N–H and O–H groups in total. The Morgan fingerprint density at radius 2 is 1.87 bits per heavy atom. The number of aryl methyl sites for hydroxylation is 1. The van der Waals surface area contributed by atoms with Gasteiger partial charge in [-0.15, -0.1) is 5.10 Å². The van der Waals surface area contributed by atoms with Gasteiger partial charge in [0.05, 0.1) is 5.69 Å². The lowest BCUT2D eigenvalue weighted by Crippen LogP contribution is -2.48. The lowest BCUT2D eigenvalue weighted by Gasteiger charge is -2.43. The molecule has 0 aliphatic heterocycles. The van der Waals surface area contributed by atoms with Gasteiger partial charge in [0.2, 0.25) is 0 Å². The van der Waals surface area contributed by atoms with E-state index in [9.17, 15) is 0 Å². The molecule has 1 atom stereocenters. The summed E-state index contributed by atoms with van der Waals surface area (Å²) in [6, 6.07) is 0.106. The molecule has 15 heavy (non-hydrogen) atoms. The Balaban J connectivity index is 3.12. The summed E-state index contributed by atoms with van der Waals surface area (Å²) in [7, 11) is 1.88. The molecule has 1 aromatic heterocycles. The van der Waals surface area contributed by atoms with Crippen LogP contribution >= 0.6 is 0 Å². The minimum Gasteiger partial charge on any atom is -0.327 e. The lowest BCUT2D eigenvalue weighted by molar-refractivity contribution is 0.157. The van der Waals surface area contributed by atoms with Gasteiger partial charge in [0.25, 0.3) is 0 Å². The summed E-state index contributed by atoms with van der Waals surface area (Å²) in [5.74, 6) is 0. The van der Waals surface area contributed by atoms with Gasteiger partial charge in [-0.3, -0.25) is 4.68 Å². The van der Waals surface area contributed by atoms with Crippen LogP contribution in [0.2, 0.25) is 0 Å². The molecule has 1 unspecified atom stereocenters. The average molecular weight is 210 g/mol. The molecule has 0 saturated carbocycles. The van der Waals surface area contributed by atoms with Gasteiger partial charge in [-0.05, 0) is 12.3 Å². The smallest absolute Gasteiger partial charge is 0.0888 e. The maximum absolute atomic E-state index is 6.05. The van der Waals surface area contributed by atoms with Crippen LogP contribution in [-0.4, -0.2) is 21.0 Å². The van der Waals surface area contributed by atoms with Crippen LogP contribution in [-0.2, 0) is 12.5 Å². The van der Waals surface area contributed by atoms with Crippen molar-refractivity contribution in [3.05, 3.63) is 11.9 Å². The summed E-state index contributed by atoms with van der Waals surface area (Å²) in [5.41, 5.74) is 6.93. The summed E-state index contributed by atoms with van der Waals surface area (Å²) in [4.78, 5) is 0. The Morgan fingerprint density at radius 3 is 2.20 bits per heavy atom. The number of hydrogen-bond donors (Lipinski definition) is 1. The minimum absolute atomic E-state index is 0.0248. The number of hydrogen-bond acceptors (Lipinski definition) is 3. The molecular formula is C11H22N4. The van der Waals surface area contributed by atoms with Gasteiger partial charge in [-0.2, -0.15) is 0 Å². The quantitative estimate of drug-likeness (QED) is 0.822. The molecule has 1 aromatic rings. The fraction of sp³-hybridized carbons (Fsp3) is 0.818. The molecule has 0 aliphatic rings. The fourth-order valence-corrected chi connectivity index (χ4v) is 1.53. The SMILES string of the molecule is CC(N)C(C)(C)C(C)(C)c1cn(C)nn1. The van der Waals surface area contributed by atoms with Crippen molar-refractivity contribution < 1.29 is 0 Å². The molecule has 0 fully saturated rings. The molecule has 0 aromatic carbocycles. The second-order valence-corrected chi connectivity index (χ2v) is 5.41. The zero-order valence-corrected chi connectivity index (χ0v) is 10.6. The highest BCUT2D eigenvalue weighted by atomic mass is 15.4. The first-order valence-electron chi connectivity index (χ1n) is 5.32. The van der Waals surface area contributed by atoms with Crippen molar-refractivity contribution in [1.82, 2.24) is 15.0 Å². The standard InChI is InChI=1S/C11H22N4/c1-8(12)10(2,3)11(4,5)9-7-15(6)14-13-9/h7-8H,12H2,1-6H3. The van der Waals surface area contributed by atoms with E-state index >= 15 is 0 Å². The Hall–Kier alpha value is -0.900. The van der Waals surface area contributed by atoms with Gasteiger partial charge in [0.1, 0.15) is 0 Å². The van der Waals surface area contributed by atoms with E-state index in [0.717, 1.165) is 5.69 Å². The van der Waals surface area contributed by atoms with E-state index in [4.69, 9.17) is 5.73 Å². The number of nitrogens with two attached hydrogens (primary N) is 1. The van der Waals surface area contributed by atoms with Crippen molar-refractivity contribution in [2.75, 3.05) is 0 Å². The first-order chi connectivity index (χ1) is 6.69. The van der Waals surface area contributed by atoms with Crippen LogP contribution < -0.4 is 5.73 Å². The number of rotatable bonds is 3. The van der Waals surface area contributed by atoms with Crippen LogP contribution in [0, 0.1) is 5.41 Å². The molecule has 0 radical (unpaired) electrons. The van der Waals surface area contributed by atoms with E-state index < -0.39 is 0 Å². The summed E-state index contributed by atoms with van der Waals surface area (Å²) in [5, 5.41) is 8.18. The van der Waals surface area contributed by atoms with Crippen LogP contribution in [0.3, 0.4) is 0 Å². The molecule has 0 saturated heterocycles. The van der Waals surface area contributed by atoms with Crippen LogP contribution in [0.1, 0.15) is 40.3 Å². The molecule has 4 heteroatoms. The highest BCUT2D eigenvalue weighted by molar-refractivity contribution is 5.15. The second kappa shape index (κ2) is 3.59.